The summed E-state index contributed by atoms with van der Waals surface area (Å²) in [6.07, 6.45) is 1.64. The van der Waals surface area contributed by atoms with Gasteiger partial charge >= 0.3 is 0 Å². The van der Waals surface area contributed by atoms with Crippen molar-refractivity contribution in [2.24, 2.45) is 0 Å². The van der Waals surface area contributed by atoms with E-state index in [0.29, 0.717) is 29.4 Å². The van der Waals surface area contributed by atoms with E-state index in [9.17, 15) is 9.18 Å². The van der Waals surface area contributed by atoms with E-state index in [-0.39, 0.29) is 17.8 Å². The average Bonchev–Trinajstić information content (AvgIpc) is 3.30. The van der Waals surface area contributed by atoms with E-state index in [1.165, 1.54) is 12.1 Å². The van der Waals surface area contributed by atoms with E-state index in [1.54, 1.807) is 36.5 Å². The van der Waals surface area contributed by atoms with Gasteiger partial charge in [0, 0.05) is 11.1 Å². The lowest BCUT2D eigenvalue weighted by atomic mass is 10.0. The number of benzene rings is 3. The van der Waals surface area contributed by atoms with Crippen molar-refractivity contribution in [3.8, 4) is 28.5 Å². The van der Waals surface area contributed by atoms with Gasteiger partial charge in [-0.05, 0) is 67.9 Å². The van der Waals surface area contributed by atoms with Crippen LogP contribution in [-0.4, -0.2) is 17.5 Å². The van der Waals surface area contributed by atoms with Crippen LogP contribution in [0.5, 0.6) is 5.75 Å². The van der Waals surface area contributed by atoms with Gasteiger partial charge in [0.05, 0.1) is 24.4 Å². The second-order valence-corrected chi connectivity index (χ2v) is 7.28. The van der Waals surface area contributed by atoms with Crippen LogP contribution < -0.4 is 10.1 Å². The summed E-state index contributed by atoms with van der Waals surface area (Å²) in [7, 11) is 0. The van der Waals surface area contributed by atoms with E-state index in [2.05, 4.69) is 10.3 Å². The first kappa shape index (κ1) is 21.3. The normalized spacial score (nSPS) is 11.7. The fourth-order valence-electron chi connectivity index (χ4n) is 3.39. The Morgan fingerprint density at radius 2 is 1.78 bits per heavy atom. The molecule has 1 heterocycles. The van der Waals surface area contributed by atoms with Crippen molar-refractivity contribution in [1.29, 1.82) is 0 Å². The molecule has 6 heteroatoms. The molecule has 0 saturated heterocycles. The predicted molar refractivity (Wildman–Crippen MR) is 121 cm³/mol. The smallest absolute Gasteiger partial charge is 0.252 e. The van der Waals surface area contributed by atoms with Gasteiger partial charge < -0.3 is 14.5 Å². The monoisotopic (exact) mass is 430 g/mol. The maximum absolute atomic E-state index is 13.2. The first-order valence-electron chi connectivity index (χ1n) is 10.4. The zero-order chi connectivity index (χ0) is 22.5. The summed E-state index contributed by atoms with van der Waals surface area (Å²) < 4.78 is 24.6. The molecule has 32 heavy (non-hydrogen) atoms. The van der Waals surface area contributed by atoms with Gasteiger partial charge in [0.15, 0.2) is 5.76 Å². The highest BCUT2D eigenvalue weighted by molar-refractivity contribution is 6.00. The third-order valence-electron chi connectivity index (χ3n) is 5.08. The Bertz CT molecular complexity index is 1200. The van der Waals surface area contributed by atoms with E-state index >= 15 is 0 Å². The van der Waals surface area contributed by atoms with Gasteiger partial charge in [0.25, 0.3) is 5.91 Å². The number of aromatic nitrogens is 1. The number of oxazole rings is 1. The Labute approximate surface area is 185 Å². The molecule has 5 nitrogen and oxygen atoms in total. The maximum atomic E-state index is 13.2. The number of hydrogen-bond donors (Lipinski definition) is 1. The highest BCUT2D eigenvalue weighted by atomic mass is 19.1. The van der Waals surface area contributed by atoms with Crippen molar-refractivity contribution >= 4 is 5.91 Å². The minimum Gasteiger partial charge on any atom is -0.494 e. The molecule has 0 unspecified atom stereocenters. The Morgan fingerprint density at radius 3 is 2.50 bits per heavy atom. The van der Waals surface area contributed by atoms with Crippen molar-refractivity contribution in [1.82, 2.24) is 10.3 Å². The second-order valence-electron chi connectivity index (χ2n) is 7.28. The van der Waals surface area contributed by atoms with Crippen molar-refractivity contribution < 1.29 is 18.3 Å². The molecule has 0 bridgehead atoms. The van der Waals surface area contributed by atoms with E-state index < -0.39 is 0 Å². The van der Waals surface area contributed by atoms with Crippen LogP contribution in [0.4, 0.5) is 4.39 Å². The predicted octanol–water partition coefficient (Wildman–Crippen LogP) is 6.04. The minimum absolute atomic E-state index is 0.266. The molecule has 3 aromatic carbocycles. The van der Waals surface area contributed by atoms with E-state index in [1.807, 2.05) is 44.2 Å². The van der Waals surface area contributed by atoms with Gasteiger partial charge in [0.2, 0.25) is 5.89 Å². The number of ether oxygens (including phenoxy) is 1. The fourth-order valence-corrected chi connectivity index (χ4v) is 3.39. The molecular formula is C26H23FN2O3. The topological polar surface area (TPSA) is 64.4 Å². The number of carbonyl (C=O) groups is 1. The highest BCUT2D eigenvalue weighted by Crippen LogP contribution is 2.29. The number of rotatable bonds is 7. The third kappa shape index (κ3) is 4.70. The van der Waals surface area contributed by atoms with Gasteiger partial charge in [0.1, 0.15) is 11.6 Å². The molecule has 1 amide bonds. The molecule has 162 valence electrons. The molecule has 4 rings (SSSR count). The SMILES string of the molecule is CCOc1ccc(-c2cnc(-c3ccccc3C(=O)N[C@@H](C)c3ccc(F)cc3)o2)cc1. The number of amides is 1. The number of carbonyl (C=O) groups excluding carboxylic acids is 1. The largest absolute Gasteiger partial charge is 0.494 e. The molecule has 0 spiro atoms. The standard InChI is InChI=1S/C26H23FN2O3/c1-3-31-21-14-10-19(11-15-21)24-16-28-26(32-24)23-7-5-4-6-22(23)25(30)29-17(2)18-8-12-20(27)13-9-18/h4-17H,3H2,1-2H3,(H,29,30)/t17-/m0/s1. The van der Waals surface area contributed by atoms with Gasteiger partial charge in [-0.25, -0.2) is 9.37 Å². The van der Waals surface area contributed by atoms with Crippen LogP contribution in [-0.2, 0) is 0 Å². The fraction of sp³-hybridized carbons (Fsp3) is 0.154. The molecule has 1 N–H and O–H groups in total. The van der Waals surface area contributed by atoms with Crippen LogP contribution in [0, 0.1) is 5.82 Å². The lowest BCUT2D eigenvalue weighted by Crippen LogP contribution is -2.27. The van der Waals surface area contributed by atoms with Crippen LogP contribution in [0.15, 0.2) is 83.4 Å². The van der Waals surface area contributed by atoms with Crippen molar-refractivity contribution in [3.05, 3.63) is 95.9 Å². The third-order valence-corrected chi connectivity index (χ3v) is 5.08. The average molecular weight is 430 g/mol. The van der Waals surface area contributed by atoms with Crippen molar-refractivity contribution in [2.45, 2.75) is 19.9 Å². The molecule has 0 aliphatic carbocycles. The Kier molecular flexibility index (Phi) is 6.31. The van der Waals surface area contributed by atoms with Crippen LogP contribution in [0.2, 0.25) is 0 Å². The molecule has 1 atom stereocenters. The molecule has 4 aromatic rings. The number of nitrogens with one attached hydrogen (secondary N) is 1. The lowest BCUT2D eigenvalue weighted by Gasteiger charge is -2.15. The summed E-state index contributed by atoms with van der Waals surface area (Å²) in [5.74, 6) is 1.16. The lowest BCUT2D eigenvalue weighted by molar-refractivity contribution is 0.0940. The molecule has 0 radical (unpaired) electrons. The highest BCUT2D eigenvalue weighted by Gasteiger charge is 2.19. The van der Waals surface area contributed by atoms with Crippen molar-refractivity contribution in [3.63, 3.8) is 0 Å². The minimum atomic E-state index is -0.315. The Morgan fingerprint density at radius 1 is 1.06 bits per heavy atom. The zero-order valence-corrected chi connectivity index (χ0v) is 17.8. The van der Waals surface area contributed by atoms with E-state index in [0.717, 1.165) is 16.9 Å². The Balaban J connectivity index is 1.56. The van der Waals surface area contributed by atoms with Gasteiger partial charge in [-0.3, -0.25) is 4.79 Å². The van der Waals surface area contributed by atoms with Crippen LogP contribution in [0.1, 0.15) is 35.8 Å². The second kappa shape index (κ2) is 9.47. The molecular weight excluding hydrogens is 407 g/mol. The maximum Gasteiger partial charge on any atom is 0.252 e. The summed E-state index contributed by atoms with van der Waals surface area (Å²) in [5, 5.41) is 2.95. The zero-order valence-electron chi connectivity index (χ0n) is 17.8. The van der Waals surface area contributed by atoms with Crippen LogP contribution >= 0.6 is 0 Å². The molecule has 0 fully saturated rings. The quantitative estimate of drug-likeness (QED) is 0.388. The first-order valence-corrected chi connectivity index (χ1v) is 10.4. The molecule has 0 aliphatic rings. The number of hydrogen-bond acceptors (Lipinski definition) is 4. The van der Waals surface area contributed by atoms with Crippen LogP contribution in [0.25, 0.3) is 22.8 Å². The summed E-state index contributed by atoms with van der Waals surface area (Å²) >= 11 is 0. The van der Waals surface area contributed by atoms with Crippen LogP contribution in [0.3, 0.4) is 0 Å². The van der Waals surface area contributed by atoms with Gasteiger partial charge in [-0.2, -0.15) is 0 Å². The molecule has 0 aliphatic heterocycles. The van der Waals surface area contributed by atoms with Gasteiger partial charge in [-0.15, -0.1) is 0 Å². The Hall–Kier alpha value is -3.93. The van der Waals surface area contributed by atoms with Gasteiger partial charge in [-0.1, -0.05) is 24.3 Å². The number of halogens is 1. The summed E-state index contributed by atoms with van der Waals surface area (Å²) in [5.41, 5.74) is 2.71. The molecule has 0 saturated carbocycles. The number of nitrogens with zero attached hydrogens (tertiary/aromatic N) is 1. The first-order chi connectivity index (χ1) is 15.5. The summed E-state index contributed by atoms with van der Waals surface area (Å²) in [6, 6.07) is 20.5. The summed E-state index contributed by atoms with van der Waals surface area (Å²) in [4.78, 5) is 17.4. The van der Waals surface area contributed by atoms with Crippen molar-refractivity contribution in [2.75, 3.05) is 6.61 Å². The van der Waals surface area contributed by atoms with E-state index in [4.69, 9.17) is 9.15 Å². The summed E-state index contributed by atoms with van der Waals surface area (Å²) in [6.45, 7) is 4.39. The molecule has 1 aromatic heterocycles.